The maximum Gasteiger partial charge on any atom is 0.127 e. The van der Waals surface area contributed by atoms with E-state index in [1.54, 1.807) is 18.2 Å². The normalized spacial score (nSPS) is 10.6. The van der Waals surface area contributed by atoms with Crippen LogP contribution in [0.4, 0.5) is 8.78 Å². The van der Waals surface area contributed by atoms with Gasteiger partial charge in [-0.15, -0.1) is 0 Å². The molecule has 1 N–H and O–H groups in total. The van der Waals surface area contributed by atoms with Crippen molar-refractivity contribution in [3.8, 4) is 16.9 Å². The molecule has 0 bridgehead atoms. The fraction of sp³-hybridized carbons (Fsp3) is 0.250. The molecule has 0 aliphatic heterocycles. The van der Waals surface area contributed by atoms with Crippen molar-refractivity contribution in [1.82, 2.24) is 5.32 Å². The van der Waals surface area contributed by atoms with Crippen LogP contribution in [0.25, 0.3) is 11.1 Å². The maximum absolute atomic E-state index is 13.7. The number of hydrogen-bond acceptors (Lipinski definition) is 2. The fourth-order valence-electron chi connectivity index (χ4n) is 2.04. The molecule has 0 atom stereocenters. The Morgan fingerprint density at radius 1 is 1.10 bits per heavy atom. The Morgan fingerprint density at radius 2 is 1.90 bits per heavy atom. The average Bonchev–Trinajstić information content (AvgIpc) is 2.46. The van der Waals surface area contributed by atoms with E-state index in [0.29, 0.717) is 23.4 Å². The van der Waals surface area contributed by atoms with Gasteiger partial charge in [-0.1, -0.05) is 13.0 Å². The number of methoxy groups -OCH3 is 1. The van der Waals surface area contributed by atoms with Crippen LogP contribution < -0.4 is 10.1 Å². The van der Waals surface area contributed by atoms with Crippen LogP contribution in [-0.2, 0) is 6.54 Å². The van der Waals surface area contributed by atoms with E-state index in [1.165, 1.54) is 25.3 Å². The Balaban J connectivity index is 2.44. The first-order valence-electron chi connectivity index (χ1n) is 6.48. The first-order valence-corrected chi connectivity index (χ1v) is 6.48. The van der Waals surface area contributed by atoms with Gasteiger partial charge in [0.25, 0.3) is 0 Å². The van der Waals surface area contributed by atoms with Crippen molar-refractivity contribution in [2.24, 2.45) is 0 Å². The van der Waals surface area contributed by atoms with Crippen LogP contribution in [0.3, 0.4) is 0 Å². The molecule has 0 spiro atoms. The monoisotopic (exact) mass is 277 g/mol. The second kappa shape index (κ2) is 6.48. The molecular formula is C16H17F2NO. The third-order valence-corrected chi connectivity index (χ3v) is 3.08. The first-order chi connectivity index (χ1) is 9.65. The van der Waals surface area contributed by atoms with Crippen molar-refractivity contribution >= 4 is 0 Å². The highest BCUT2D eigenvalue weighted by atomic mass is 19.1. The van der Waals surface area contributed by atoms with Gasteiger partial charge < -0.3 is 10.1 Å². The maximum atomic E-state index is 13.7. The molecule has 0 amide bonds. The van der Waals surface area contributed by atoms with Gasteiger partial charge in [0.1, 0.15) is 17.4 Å². The summed E-state index contributed by atoms with van der Waals surface area (Å²) in [5.74, 6) is -0.0594. The van der Waals surface area contributed by atoms with Gasteiger partial charge in [-0.25, -0.2) is 8.78 Å². The molecule has 2 rings (SSSR count). The van der Waals surface area contributed by atoms with Crippen molar-refractivity contribution in [3.05, 3.63) is 53.6 Å². The molecule has 0 fully saturated rings. The summed E-state index contributed by atoms with van der Waals surface area (Å²) in [6.45, 7) is 3.15. The molecule has 0 saturated heterocycles. The van der Waals surface area contributed by atoms with Gasteiger partial charge in [-0.05, 0) is 42.4 Å². The van der Waals surface area contributed by atoms with Gasteiger partial charge in [-0.2, -0.15) is 0 Å². The number of nitrogens with one attached hydrogen (secondary N) is 1. The zero-order chi connectivity index (χ0) is 14.5. The van der Waals surface area contributed by atoms with Crippen molar-refractivity contribution in [3.63, 3.8) is 0 Å². The van der Waals surface area contributed by atoms with Gasteiger partial charge in [0, 0.05) is 17.7 Å². The molecule has 2 aromatic rings. The first kappa shape index (κ1) is 14.5. The quantitative estimate of drug-likeness (QED) is 0.898. The Hall–Kier alpha value is -1.94. The summed E-state index contributed by atoms with van der Waals surface area (Å²) in [7, 11) is 1.53. The smallest absolute Gasteiger partial charge is 0.127 e. The summed E-state index contributed by atoms with van der Waals surface area (Å²) in [5, 5.41) is 3.08. The van der Waals surface area contributed by atoms with Crippen LogP contribution in [0.2, 0.25) is 0 Å². The zero-order valence-corrected chi connectivity index (χ0v) is 11.5. The molecule has 0 saturated carbocycles. The fourth-order valence-corrected chi connectivity index (χ4v) is 2.04. The minimum Gasteiger partial charge on any atom is -0.496 e. The van der Waals surface area contributed by atoms with E-state index in [9.17, 15) is 8.78 Å². The Labute approximate surface area is 117 Å². The summed E-state index contributed by atoms with van der Waals surface area (Å²) in [5.41, 5.74) is 1.90. The predicted octanol–water partition coefficient (Wildman–Crippen LogP) is 3.75. The number of halogens is 2. The predicted molar refractivity (Wildman–Crippen MR) is 75.7 cm³/mol. The van der Waals surface area contributed by atoms with Crippen LogP contribution in [0.15, 0.2) is 36.4 Å². The largest absolute Gasteiger partial charge is 0.496 e. The van der Waals surface area contributed by atoms with Crippen LogP contribution in [0, 0.1) is 11.6 Å². The molecule has 4 heteroatoms. The van der Waals surface area contributed by atoms with Crippen molar-refractivity contribution in [1.29, 1.82) is 0 Å². The molecule has 0 heterocycles. The summed E-state index contributed by atoms with van der Waals surface area (Å²) in [6.07, 6.45) is 0. The lowest BCUT2D eigenvalue weighted by molar-refractivity contribution is 0.415. The van der Waals surface area contributed by atoms with E-state index in [2.05, 4.69) is 5.32 Å². The van der Waals surface area contributed by atoms with Gasteiger partial charge >= 0.3 is 0 Å². The molecule has 106 valence electrons. The van der Waals surface area contributed by atoms with Gasteiger partial charge in [0.2, 0.25) is 0 Å². The number of benzene rings is 2. The molecule has 20 heavy (non-hydrogen) atoms. The van der Waals surface area contributed by atoms with Gasteiger partial charge in [0.05, 0.1) is 7.11 Å². The minimum absolute atomic E-state index is 0.273. The third kappa shape index (κ3) is 3.14. The van der Waals surface area contributed by atoms with Crippen LogP contribution in [0.1, 0.15) is 12.5 Å². The molecule has 0 aromatic heterocycles. The van der Waals surface area contributed by atoms with Crippen molar-refractivity contribution < 1.29 is 13.5 Å². The minimum atomic E-state index is -0.349. The van der Waals surface area contributed by atoms with E-state index >= 15 is 0 Å². The third-order valence-electron chi connectivity index (χ3n) is 3.08. The highest BCUT2D eigenvalue weighted by molar-refractivity contribution is 5.71. The number of ether oxygens (including phenoxy) is 1. The molecule has 0 unspecified atom stereocenters. The van der Waals surface area contributed by atoms with Crippen molar-refractivity contribution in [2.75, 3.05) is 13.7 Å². The Bertz CT molecular complexity index is 599. The van der Waals surface area contributed by atoms with Crippen molar-refractivity contribution in [2.45, 2.75) is 13.5 Å². The van der Waals surface area contributed by atoms with E-state index < -0.39 is 0 Å². The molecule has 0 aliphatic rings. The highest BCUT2D eigenvalue weighted by Crippen LogP contribution is 2.31. The SMILES string of the molecule is CCNCc1cc(-c2cc(F)ccc2OC)ccc1F. The van der Waals surface area contributed by atoms with Gasteiger partial charge in [-0.3, -0.25) is 0 Å². The summed E-state index contributed by atoms with van der Waals surface area (Å²) < 4.78 is 32.4. The topological polar surface area (TPSA) is 21.3 Å². The standard InChI is InChI=1S/C16H17F2NO/c1-3-19-10-12-8-11(4-6-15(12)18)14-9-13(17)5-7-16(14)20-2/h4-9,19H,3,10H2,1-2H3. The zero-order valence-electron chi connectivity index (χ0n) is 11.5. The van der Waals surface area contributed by atoms with E-state index in [-0.39, 0.29) is 11.6 Å². The summed E-state index contributed by atoms with van der Waals surface area (Å²) in [6, 6.07) is 9.04. The highest BCUT2D eigenvalue weighted by Gasteiger charge is 2.10. The summed E-state index contributed by atoms with van der Waals surface area (Å²) in [4.78, 5) is 0. The number of rotatable bonds is 5. The van der Waals surface area contributed by atoms with Gasteiger partial charge in [0.15, 0.2) is 0 Å². The summed E-state index contributed by atoms with van der Waals surface area (Å²) >= 11 is 0. The van der Waals surface area contributed by atoms with Crippen LogP contribution in [0.5, 0.6) is 5.75 Å². The molecular weight excluding hydrogens is 260 g/mol. The molecule has 2 nitrogen and oxygen atoms in total. The Morgan fingerprint density at radius 3 is 2.60 bits per heavy atom. The second-order valence-electron chi connectivity index (χ2n) is 4.43. The second-order valence-corrected chi connectivity index (χ2v) is 4.43. The lowest BCUT2D eigenvalue weighted by Crippen LogP contribution is -2.13. The van der Waals surface area contributed by atoms with Crippen LogP contribution in [-0.4, -0.2) is 13.7 Å². The Kier molecular flexibility index (Phi) is 4.69. The van der Waals surface area contributed by atoms with E-state index in [4.69, 9.17) is 4.74 Å². The molecule has 0 radical (unpaired) electrons. The lowest BCUT2D eigenvalue weighted by Gasteiger charge is -2.11. The van der Waals surface area contributed by atoms with E-state index in [0.717, 1.165) is 12.1 Å². The van der Waals surface area contributed by atoms with Crippen LogP contribution >= 0.6 is 0 Å². The molecule has 0 aliphatic carbocycles. The van der Waals surface area contributed by atoms with E-state index in [1.807, 2.05) is 6.92 Å². The molecule has 2 aromatic carbocycles. The lowest BCUT2D eigenvalue weighted by atomic mass is 10.0. The average molecular weight is 277 g/mol. The number of hydrogen-bond donors (Lipinski definition) is 1.